The van der Waals surface area contributed by atoms with Gasteiger partial charge in [-0.3, -0.25) is 4.79 Å². The molecule has 1 aromatic heterocycles. The van der Waals surface area contributed by atoms with Crippen LogP contribution in [0.2, 0.25) is 0 Å². The number of pyridine rings is 1. The number of carbonyl (C=O) groups is 1. The molecule has 1 aromatic rings. The summed E-state index contributed by atoms with van der Waals surface area (Å²) in [4.78, 5) is 14.1. The summed E-state index contributed by atoms with van der Waals surface area (Å²) in [6, 6.07) is 0.485. The van der Waals surface area contributed by atoms with E-state index in [1.165, 1.54) is 0 Å². The molecule has 0 bridgehead atoms. The monoisotopic (exact) mass is 304 g/mol. The Morgan fingerprint density at radius 2 is 2.05 bits per heavy atom. The lowest BCUT2D eigenvalue weighted by Crippen LogP contribution is -2.23. The highest BCUT2D eigenvalue weighted by Crippen LogP contribution is 2.31. The van der Waals surface area contributed by atoms with Gasteiger partial charge in [0.25, 0.3) is 12.3 Å². The number of amides is 1. The average Bonchev–Trinajstić information content (AvgIpc) is 2.25. The van der Waals surface area contributed by atoms with E-state index in [1.54, 1.807) is 0 Å². The largest absolute Gasteiger partial charge is 0.574 e. The molecule has 1 amide bonds. The van der Waals surface area contributed by atoms with Crippen molar-refractivity contribution >= 4 is 17.5 Å². The number of aromatic nitrogens is 1. The smallest absolute Gasteiger partial charge is 0.387 e. The van der Waals surface area contributed by atoms with Crippen molar-refractivity contribution in [3.05, 3.63) is 22.9 Å². The van der Waals surface area contributed by atoms with E-state index in [-0.39, 0.29) is 0 Å². The molecule has 10 heteroatoms. The molecule has 19 heavy (non-hydrogen) atoms. The summed E-state index contributed by atoms with van der Waals surface area (Å²) in [6.07, 6.45) is -8.22. The van der Waals surface area contributed by atoms with Crippen LogP contribution in [-0.2, 0) is 5.88 Å². The van der Waals surface area contributed by atoms with Crippen LogP contribution in [-0.4, -0.2) is 17.3 Å². The van der Waals surface area contributed by atoms with Crippen LogP contribution in [0, 0.1) is 0 Å². The number of hydrogen-bond donors (Lipinski definition) is 1. The lowest BCUT2D eigenvalue weighted by Gasteiger charge is -2.14. The highest BCUT2D eigenvalue weighted by Gasteiger charge is 2.34. The van der Waals surface area contributed by atoms with Gasteiger partial charge in [-0.15, -0.1) is 24.8 Å². The second-order valence-electron chi connectivity index (χ2n) is 3.22. The third-order valence-corrected chi connectivity index (χ3v) is 2.19. The summed E-state index contributed by atoms with van der Waals surface area (Å²) in [7, 11) is 0. The van der Waals surface area contributed by atoms with E-state index in [2.05, 4.69) is 9.72 Å². The molecule has 0 aliphatic carbocycles. The van der Waals surface area contributed by atoms with Crippen molar-refractivity contribution in [1.82, 2.24) is 4.98 Å². The van der Waals surface area contributed by atoms with Crippen LogP contribution in [0.1, 0.15) is 28.0 Å². The molecule has 2 N–H and O–H groups in total. The minimum Gasteiger partial charge on any atom is -0.387 e. The topological polar surface area (TPSA) is 65.2 Å². The standard InChI is InChI=1S/C9H6ClF5N2O2/c10-2-5-3(6(11)12)1-4(7(16)18)8(17-5)19-9(13,14)15/h1,6H,2H2,(H2,16,18). The van der Waals surface area contributed by atoms with Gasteiger partial charge in [0, 0.05) is 5.56 Å². The Hall–Kier alpha value is -1.64. The minimum absolute atomic E-state index is 0.485. The van der Waals surface area contributed by atoms with Crippen LogP contribution >= 0.6 is 11.6 Å². The zero-order chi connectivity index (χ0) is 14.8. The van der Waals surface area contributed by atoms with Crippen molar-refractivity contribution in [3.63, 3.8) is 0 Å². The number of halogens is 6. The van der Waals surface area contributed by atoms with Crippen molar-refractivity contribution < 1.29 is 31.5 Å². The quantitative estimate of drug-likeness (QED) is 0.687. The number of nitrogens with zero attached hydrogens (tertiary/aromatic N) is 1. The summed E-state index contributed by atoms with van der Waals surface area (Å²) < 4.78 is 64.9. The van der Waals surface area contributed by atoms with Crippen molar-refractivity contribution in [2.45, 2.75) is 18.7 Å². The van der Waals surface area contributed by atoms with E-state index in [0.29, 0.717) is 6.07 Å². The lowest BCUT2D eigenvalue weighted by molar-refractivity contribution is -0.276. The van der Waals surface area contributed by atoms with Gasteiger partial charge in [0.15, 0.2) is 0 Å². The van der Waals surface area contributed by atoms with Gasteiger partial charge in [0.2, 0.25) is 5.88 Å². The van der Waals surface area contributed by atoms with Crippen molar-refractivity contribution in [1.29, 1.82) is 0 Å². The van der Waals surface area contributed by atoms with Crippen LogP contribution in [0.3, 0.4) is 0 Å². The average molecular weight is 305 g/mol. The van der Waals surface area contributed by atoms with Crippen LogP contribution in [0.15, 0.2) is 6.07 Å². The van der Waals surface area contributed by atoms with Crippen LogP contribution in [0.5, 0.6) is 5.88 Å². The molecule has 0 atom stereocenters. The molecule has 0 fully saturated rings. The Kier molecular flexibility index (Phi) is 4.51. The molecular formula is C9H6ClF5N2O2. The minimum atomic E-state index is -5.15. The fourth-order valence-corrected chi connectivity index (χ4v) is 1.42. The van der Waals surface area contributed by atoms with Gasteiger partial charge in [0.1, 0.15) is 5.56 Å². The van der Waals surface area contributed by atoms with E-state index >= 15 is 0 Å². The number of primary amides is 1. The van der Waals surface area contributed by atoms with Gasteiger partial charge in [-0.1, -0.05) is 0 Å². The maximum absolute atomic E-state index is 12.6. The zero-order valence-electron chi connectivity index (χ0n) is 8.97. The molecule has 106 valence electrons. The fraction of sp³-hybridized carbons (Fsp3) is 0.333. The Balaban J connectivity index is 3.40. The Labute approximate surface area is 108 Å². The zero-order valence-corrected chi connectivity index (χ0v) is 9.73. The number of ether oxygens (including phenoxy) is 1. The molecular weight excluding hydrogens is 299 g/mol. The normalized spacial score (nSPS) is 11.7. The Morgan fingerprint density at radius 3 is 2.42 bits per heavy atom. The van der Waals surface area contributed by atoms with Gasteiger partial charge in [-0.2, -0.15) is 0 Å². The van der Waals surface area contributed by atoms with Crippen molar-refractivity contribution in [3.8, 4) is 5.88 Å². The Bertz CT molecular complexity index is 492. The molecule has 0 unspecified atom stereocenters. The summed E-state index contributed by atoms with van der Waals surface area (Å²) in [5.41, 5.74) is 2.58. The van der Waals surface area contributed by atoms with Crippen LogP contribution in [0.4, 0.5) is 22.0 Å². The van der Waals surface area contributed by atoms with Gasteiger partial charge >= 0.3 is 6.36 Å². The van der Waals surface area contributed by atoms with Gasteiger partial charge < -0.3 is 10.5 Å². The maximum Gasteiger partial charge on any atom is 0.574 e. The van der Waals surface area contributed by atoms with E-state index < -0.39 is 47.3 Å². The molecule has 0 aromatic carbocycles. The number of hydrogen-bond acceptors (Lipinski definition) is 3. The first kappa shape index (κ1) is 15.4. The molecule has 0 saturated carbocycles. The fourth-order valence-electron chi connectivity index (χ4n) is 1.21. The molecule has 1 rings (SSSR count). The Morgan fingerprint density at radius 1 is 1.47 bits per heavy atom. The number of rotatable bonds is 4. The number of carbonyl (C=O) groups excluding carboxylic acids is 1. The summed E-state index contributed by atoms with van der Waals surface area (Å²) in [6.45, 7) is 0. The third-order valence-electron chi connectivity index (χ3n) is 1.94. The first-order valence-corrected chi connectivity index (χ1v) is 5.12. The maximum atomic E-state index is 12.6. The number of nitrogens with two attached hydrogens (primary N) is 1. The molecule has 0 saturated heterocycles. The van der Waals surface area contributed by atoms with Crippen LogP contribution in [0.25, 0.3) is 0 Å². The highest BCUT2D eigenvalue weighted by molar-refractivity contribution is 6.17. The summed E-state index contributed by atoms with van der Waals surface area (Å²) in [5.74, 6) is -3.16. The predicted molar refractivity (Wildman–Crippen MR) is 54.0 cm³/mol. The van der Waals surface area contributed by atoms with Gasteiger partial charge in [-0.25, -0.2) is 13.8 Å². The SMILES string of the molecule is NC(=O)c1cc(C(F)F)c(CCl)nc1OC(F)(F)F. The van der Waals surface area contributed by atoms with E-state index in [9.17, 15) is 26.7 Å². The molecule has 0 aliphatic heterocycles. The predicted octanol–water partition coefficient (Wildman–Crippen LogP) is 2.76. The molecule has 4 nitrogen and oxygen atoms in total. The first-order chi connectivity index (χ1) is 8.65. The molecule has 1 heterocycles. The van der Waals surface area contributed by atoms with E-state index in [1.807, 2.05) is 0 Å². The van der Waals surface area contributed by atoms with E-state index in [0.717, 1.165) is 0 Å². The van der Waals surface area contributed by atoms with E-state index in [4.69, 9.17) is 17.3 Å². The van der Waals surface area contributed by atoms with Gasteiger partial charge in [0.05, 0.1) is 11.6 Å². The number of alkyl halides is 6. The first-order valence-electron chi connectivity index (χ1n) is 4.59. The van der Waals surface area contributed by atoms with Crippen molar-refractivity contribution in [2.75, 3.05) is 0 Å². The lowest BCUT2D eigenvalue weighted by atomic mass is 10.1. The van der Waals surface area contributed by atoms with Gasteiger partial charge in [-0.05, 0) is 6.07 Å². The van der Waals surface area contributed by atoms with Crippen LogP contribution < -0.4 is 10.5 Å². The molecule has 0 spiro atoms. The molecule has 0 radical (unpaired) electrons. The second kappa shape index (κ2) is 5.55. The molecule has 0 aliphatic rings. The summed E-state index contributed by atoms with van der Waals surface area (Å²) in [5, 5.41) is 0. The summed E-state index contributed by atoms with van der Waals surface area (Å²) >= 11 is 5.30. The highest BCUT2D eigenvalue weighted by atomic mass is 35.5. The second-order valence-corrected chi connectivity index (χ2v) is 3.49. The van der Waals surface area contributed by atoms with Crippen molar-refractivity contribution in [2.24, 2.45) is 5.73 Å². The third kappa shape index (κ3) is 3.91.